The number of rotatable bonds is 4. The minimum absolute atomic E-state index is 0.217. The predicted molar refractivity (Wildman–Crippen MR) is 82.6 cm³/mol. The molecule has 120 valence electrons. The van der Waals surface area contributed by atoms with E-state index in [2.05, 4.69) is 20.2 Å². The number of aromatic nitrogens is 2. The molecule has 1 aliphatic heterocycles. The second-order valence-electron chi connectivity index (χ2n) is 5.12. The van der Waals surface area contributed by atoms with Crippen molar-refractivity contribution in [3.8, 4) is 0 Å². The van der Waals surface area contributed by atoms with Gasteiger partial charge >= 0.3 is 0 Å². The van der Waals surface area contributed by atoms with Crippen molar-refractivity contribution in [2.75, 3.05) is 31.2 Å². The summed E-state index contributed by atoms with van der Waals surface area (Å²) in [6.45, 7) is 3.16. The third-order valence-electron chi connectivity index (χ3n) is 3.54. The van der Waals surface area contributed by atoms with Crippen LogP contribution >= 0.6 is 0 Å². The number of hydrogen-bond acceptors (Lipinski definition) is 5. The van der Waals surface area contributed by atoms with Crippen molar-refractivity contribution >= 4 is 11.7 Å². The second kappa shape index (κ2) is 7.15. The zero-order valence-corrected chi connectivity index (χ0v) is 12.5. The molecule has 1 aromatic heterocycles. The van der Waals surface area contributed by atoms with E-state index < -0.39 is 0 Å². The van der Waals surface area contributed by atoms with Crippen LogP contribution in [-0.2, 0) is 11.3 Å². The molecule has 6 nitrogen and oxygen atoms in total. The maximum atomic E-state index is 12.9. The molecule has 1 aromatic carbocycles. The van der Waals surface area contributed by atoms with E-state index >= 15 is 0 Å². The van der Waals surface area contributed by atoms with Gasteiger partial charge in [-0.15, -0.1) is 0 Å². The van der Waals surface area contributed by atoms with Crippen LogP contribution in [0, 0.1) is 5.82 Å². The van der Waals surface area contributed by atoms with Crippen molar-refractivity contribution in [1.29, 1.82) is 0 Å². The van der Waals surface area contributed by atoms with E-state index in [-0.39, 0.29) is 18.3 Å². The Hall–Kier alpha value is -2.54. The number of carbonyl (C=O) groups is 1. The third kappa shape index (κ3) is 4.01. The summed E-state index contributed by atoms with van der Waals surface area (Å²) in [6.07, 6.45) is 1.68. The standard InChI is InChI=1S/C16H17FN4O2/c17-13-3-1-12(2-4-13)16(22)19-11-14-18-6-5-15(20-14)21-7-9-23-10-8-21/h1-6H,7-11H2,(H,19,22). The van der Waals surface area contributed by atoms with E-state index in [1.807, 2.05) is 6.07 Å². The SMILES string of the molecule is O=C(NCc1nccc(N2CCOCC2)n1)c1ccc(F)cc1. The lowest BCUT2D eigenvalue weighted by Gasteiger charge is -2.27. The molecule has 1 saturated heterocycles. The Morgan fingerprint density at radius 2 is 1.96 bits per heavy atom. The van der Waals surface area contributed by atoms with Gasteiger partial charge in [-0.1, -0.05) is 0 Å². The lowest BCUT2D eigenvalue weighted by molar-refractivity contribution is 0.0950. The molecule has 0 saturated carbocycles. The van der Waals surface area contributed by atoms with E-state index in [1.165, 1.54) is 24.3 Å². The van der Waals surface area contributed by atoms with Crippen LogP contribution in [0.5, 0.6) is 0 Å². The fourth-order valence-corrected chi connectivity index (χ4v) is 2.30. The van der Waals surface area contributed by atoms with Crippen molar-refractivity contribution in [2.24, 2.45) is 0 Å². The van der Waals surface area contributed by atoms with Crippen LogP contribution in [0.1, 0.15) is 16.2 Å². The maximum absolute atomic E-state index is 12.9. The third-order valence-corrected chi connectivity index (χ3v) is 3.54. The summed E-state index contributed by atoms with van der Waals surface area (Å²) in [6, 6.07) is 7.23. The lowest BCUT2D eigenvalue weighted by atomic mass is 10.2. The maximum Gasteiger partial charge on any atom is 0.251 e. The molecule has 2 aromatic rings. The molecule has 1 aliphatic rings. The minimum atomic E-state index is -0.372. The Morgan fingerprint density at radius 1 is 1.22 bits per heavy atom. The number of halogens is 1. The molecule has 0 unspecified atom stereocenters. The van der Waals surface area contributed by atoms with Gasteiger partial charge in [0.2, 0.25) is 0 Å². The number of hydrogen-bond donors (Lipinski definition) is 1. The summed E-state index contributed by atoms with van der Waals surface area (Å²) in [5, 5.41) is 2.74. The molecule has 1 fully saturated rings. The number of amides is 1. The Morgan fingerprint density at radius 3 is 2.70 bits per heavy atom. The van der Waals surface area contributed by atoms with Crippen LogP contribution in [0.15, 0.2) is 36.5 Å². The summed E-state index contributed by atoms with van der Waals surface area (Å²) < 4.78 is 18.2. The number of ether oxygens (including phenoxy) is 1. The van der Waals surface area contributed by atoms with Crippen molar-refractivity contribution in [2.45, 2.75) is 6.54 Å². The molecular weight excluding hydrogens is 299 g/mol. The average molecular weight is 316 g/mol. The molecule has 3 rings (SSSR count). The molecule has 0 bridgehead atoms. The van der Waals surface area contributed by atoms with Gasteiger partial charge in [0.25, 0.3) is 5.91 Å². The number of nitrogens with one attached hydrogen (secondary N) is 1. The fourth-order valence-electron chi connectivity index (χ4n) is 2.30. The fraction of sp³-hybridized carbons (Fsp3) is 0.312. The van der Waals surface area contributed by atoms with Crippen LogP contribution in [0.3, 0.4) is 0 Å². The topological polar surface area (TPSA) is 67.4 Å². The molecule has 2 heterocycles. The van der Waals surface area contributed by atoms with Crippen LogP contribution in [0.25, 0.3) is 0 Å². The van der Waals surface area contributed by atoms with Gasteiger partial charge in [-0.3, -0.25) is 4.79 Å². The Balaban J connectivity index is 1.61. The highest BCUT2D eigenvalue weighted by molar-refractivity contribution is 5.94. The highest BCUT2D eigenvalue weighted by Gasteiger charge is 2.13. The van der Waals surface area contributed by atoms with Gasteiger partial charge in [-0.25, -0.2) is 14.4 Å². The summed E-state index contributed by atoms with van der Waals surface area (Å²) in [4.78, 5) is 22.8. The van der Waals surface area contributed by atoms with Crippen molar-refractivity contribution in [1.82, 2.24) is 15.3 Å². The average Bonchev–Trinajstić information content (AvgIpc) is 2.61. The number of anilines is 1. The highest BCUT2D eigenvalue weighted by Crippen LogP contribution is 2.12. The second-order valence-corrected chi connectivity index (χ2v) is 5.12. The highest BCUT2D eigenvalue weighted by atomic mass is 19.1. The van der Waals surface area contributed by atoms with Gasteiger partial charge in [0.15, 0.2) is 0 Å². The van der Waals surface area contributed by atoms with Crippen molar-refractivity contribution in [3.05, 3.63) is 53.7 Å². The van der Waals surface area contributed by atoms with Crippen molar-refractivity contribution < 1.29 is 13.9 Å². The number of morpholine rings is 1. The van der Waals surface area contributed by atoms with E-state index in [4.69, 9.17) is 4.74 Å². The van der Waals surface area contributed by atoms with Gasteiger partial charge in [-0.05, 0) is 30.3 Å². The molecule has 0 radical (unpaired) electrons. The molecule has 0 spiro atoms. The molecule has 23 heavy (non-hydrogen) atoms. The smallest absolute Gasteiger partial charge is 0.251 e. The first-order chi connectivity index (χ1) is 11.2. The van der Waals surface area contributed by atoms with Gasteiger partial charge in [0, 0.05) is 24.8 Å². The summed E-state index contributed by atoms with van der Waals surface area (Å²) in [5.74, 6) is 0.701. The van der Waals surface area contributed by atoms with Gasteiger partial charge in [-0.2, -0.15) is 0 Å². The minimum Gasteiger partial charge on any atom is -0.378 e. The van der Waals surface area contributed by atoms with Crippen LogP contribution in [0.4, 0.5) is 10.2 Å². The lowest BCUT2D eigenvalue weighted by Crippen LogP contribution is -2.37. The Kier molecular flexibility index (Phi) is 4.77. The first kappa shape index (κ1) is 15.4. The van der Waals surface area contributed by atoms with Crippen molar-refractivity contribution in [3.63, 3.8) is 0 Å². The Bertz CT molecular complexity index is 672. The largest absolute Gasteiger partial charge is 0.378 e. The van der Waals surface area contributed by atoms with Crippen LogP contribution in [-0.4, -0.2) is 42.2 Å². The number of nitrogens with zero attached hydrogens (tertiary/aromatic N) is 3. The molecule has 0 atom stereocenters. The molecule has 7 heteroatoms. The van der Waals surface area contributed by atoms with E-state index in [0.717, 1.165) is 18.9 Å². The predicted octanol–water partition coefficient (Wildman–Crippen LogP) is 1.38. The monoisotopic (exact) mass is 316 g/mol. The molecule has 1 amide bonds. The van der Waals surface area contributed by atoms with E-state index in [9.17, 15) is 9.18 Å². The van der Waals surface area contributed by atoms with E-state index in [0.29, 0.717) is 24.6 Å². The van der Waals surface area contributed by atoms with E-state index in [1.54, 1.807) is 6.20 Å². The Labute approximate surface area is 133 Å². The normalized spacial score (nSPS) is 14.6. The van der Waals surface area contributed by atoms with Gasteiger partial charge in [0.05, 0.1) is 19.8 Å². The summed E-state index contributed by atoms with van der Waals surface area (Å²) in [7, 11) is 0. The van der Waals surface area contributed by atoms with Crippen LogP contribution in [0.2, 0.25) is 0 Å². The molecule has 1 N–H and O–H groups in total. The van der Waals surface area contributed by atoms with Gasteiger partial charge < -0.3 is 15.0 Å². The summed E-state index contributed by atoms with van der Waals surface area (Å²) >= 11 is 0. The zero-order chi connectivity index (χ0) is 16.1. The quantitative estimate of drug-likeness (QED) is 0.923. The van der Waals surface area contributed by atoms with Gasteiger partial charge in [0.1, 0.15) is 17.5 Å². The first-order valence-corrected chi connectivity index (χ1v) is 7.41. The zero-order valence-electron chi connectivity index (χ0n) is 12.5. The number of benzene rings is 1. The first-order valence-electron chi connectivity index (χ1n) is 7.41. The number of carbonyl (C=O) groups excluding carboxylic acids is 1. The molecular formula is C16H17FN4O2. The summed E-state index contributed by atoms with van der Waals surface area (Å²) in [5.41, 5.74) is 0.399. The molecule has 0 aliphatic carbocycles. The van der Waals surface area contributed by atoms with Crippen LogP contribution < -0.4 is 10.2 Å².